The second-order valence-corrected chi connectivity index (χ2v) is 10.8. The zero-order valence-electron chi connectivity index (χ0n) is 22.6. The van der Waals surface area contributed by atoms with Crippen molar-refractivity contribution in [2.75, 3.05) is 21.8 Å². The summed E-state index contributed by atoms with van der Waals surface area (Å²) in [5.74, 6) is 0. The minimum Gasteiger partial charge on any atom is -0.372 e. The van der Waals surface area contributed by atoms with Gasteiger partial charge in [0.2, 0.25) is 0 Å². The highest BCUT2D eigenvalue weighted by atomic mass is 32.1. The van der Waals surface area contributed by atoms with Gasteiger partial charge in [0.15, 0.2) is 5.11 Å². The Hall–Kier alpha value is -4.33. The van der Waals surface area contributed by atoms with Gasteiger partial charge < -0.3 is 15.1 Å². The summed E-state index contributed by atoms with van der Waals surface area (Å²) in [6.45, 7) is 1.86. The van der Waals surface area contributed by atoms with Crippen LogP contribution in [0.15, 0.2) is 60.7 Å². The van der Waals surface area contributed by atoms with Crippen molar-refractivity contribution in [1.82, 2.24) is 5.32 Å². The summed E-state index contributed by atoms with van der Waals surface area (Å²) < 4.78 is 82.3. The number of nitrogens with zero attached hydrogens (tertiary/aromatic N) is 4. The number of nitriles is 2. The fourth-order valence-corrected chi connectivity index (χ4v) is 6.16. The van der Waals surface area contributed by atoms with Crippen molar-refractivity contribution in [1.29, 1.82) is 10.5 Å². The average Bonchev–Trinajstić information content (AvgIpc) is 3.20. The minimum atomic E-state index is -4.79. The van der Waals surface area contributed by atoms with E-state index in [0.717, 1.165) is 41.9 Å². The highest BCUT2D eigenvalue weighted by Gasteiger charge is 2.59. The Labute approximate surface area is 249 Å². The Balaban J connectivity index is 1.53. The number of alkyl halides is 6. The van der Waals surface area contributed by atoms with Crippen molar-refractivity contribution in [2.24, 2.45) is 0 Å². The number of rotatable bonds is 6. The van der Waals surface area contributed by atoms with Gasteiger partial charge in [0, 0.05) is 17.1 Å². The number of hydrogen-bond donors (Lipinski definition) is 2. The van der Waals surface area contributed by atoms with Crippen molar-refractivity contribution in [3.63, 3.8) is 0 Å². The third kappa shape index (κ3) is 5.46. The van der Waals surface area contributed by atoms with E-state index in [0.29, 0.717) is 12.8 Å². The molecule has 1 aliphatic heterocycles. The van der Waals surface area contributed by atoms with E-state index in [1.165, 1.54) is 12.1 Å². The van der Waals surface area contributed by atoms with Crippen molar-refractivity contribution in [3.05, 3.63) is 88.5 Å². The summed E-state index contributed by atoms with van der Waals surface area (Å²) in [7, 11) is 0. The smallest absolute Gasteiger partial charge is 0.372 e. The van der Waals surface area contributed by atoms with Gasteiger partial charge in [0.1, 0.15) is 6.17 Å². The van der Waals surface area contributed by atoms with Crippen LogP contribution in [0, 0.1) is 29.6 Å². The van der Waals surface area contributed by atoms with Crippen molar-refractivity contribution < 1.29 is 26.3 Å². The molecule has 43 heavy (non-hydrogen) atoms. The van der Waals surface area contributed by atoms with Gasteiger partial charge >= 0.3 is 12.4 Å². The standard InChI is InChI=1S/C30H24F6N6S/c1-18-3-8-22(9-4-18)42-27(43)41(23-10-6-20(16-38)25(14-23)30(34,35)36)26(28(42)11-2-12-28)40-17-39-21-7-5-19(15-37)24(13-21)29(31,32)33/h3-10,13-14,26,39-40H,2,11-12,17H2,1H3. The first-order valence-corrected chi connectivity index (χ1v) is 13.6. The van der Waals surface area contributed by atoms with Crippen molar-refractivity contribution >= 4 is 34.4 Å². The third-order valence-corrected chi connectivity index (χ3v) is 8.24. The SMILES string of the molecule is Cc1ccc(N2C(=S)N(c3ccc(C#N)c(C(F)(F)F)c3)C(NCNc3ccc(C#N)c(C(F)(F)F)c3)C23CCC3)cc1. The number of benzene rings is 3. The molecule has 222 valence electrons. The molecule has 1 unspecified atom stereocenters. The molecular formula is C30H24F6N6S. The van der Waals surface area contributed by atoms with E-state index in [-0.39, 0.29) is 23.2 Å². The van der Waals surface area contributed by atoms with E-state index in [2.05, 4.69) is 10.6 Å². The predicted molar refractivity (Wildman–Crippen MR) is 153 cm³/mol. The van der Waals surface area contributed by atoms with Gasteiger partial charge in [0.25, 0.3) is 0 Å². The first kappa shape index (κ1) is 30.1. The molecule has 1 atom stereocenters. The number of anilines is 3. The fraction of sp³-hybridized carbons (Fsp3) is 0.300. The topological polar surface area (TPSA) is 78.1 Å². The number of halogens is 6. The van der Waals surface area contributed by atoms with E-state index < -0.39 is 46.3 Å². The second-order valence-electron chi connectivity index (χ2n) is 10.5. The highest BCUT2D eigenvalue weighted by Crippen LogP contribution is 2.50. The lowest BCUT2D eigenvalue weighted by molar-refractivity contribution is -0.138. The van der Waals surface area contributed by atoms with Crippen LogP contribution in [0.2, 0.25) is 0 Å². The van der Waals surface area contributed by atoms with Crippen LogP contribution < -0.4 is 20.4 Å². The molecular weight excluding hydrogens is 590 g/mol. The van der Waals surface area contributed by atoms with Crippen molar-refractivity contribution in [3.8, 4) is 12.1 Å². The number of thiocarbonyl (C=S) groups is 1. The lowest BCUT2D eigenvalue weighted by atomic mass is 9.73. The van der Waals surface area contributed by atoms with Gasteiger partial charge in [-0.3, -0.25) is 5.32 Å². The first-order chi connectivity index (χ1) is 20.3. The molecule has 1 spiro atoms. The molecule has 1 heterocycles. The third-order valence-electron chi connectivity index (χ3n) is 7.86. The Bertz CT molecular complexity index is 1630. The molecule has 5 rings (SSSR count). The zero-order chi connectivity index (χ0) is 31.2. The summed E-state index contributed by atoms with van der Waals surface area (Å²) >= 11 is 5.90. The summed E-state index contributed by atoms with van der Waals surface area (Å²) in [6.07, 6.45) is -8.09. The lowest BCUT2D eigenvalue weighted by Crippen LogP contribution is -2.63. The van der Waals surface area contributed by atoms with Crippen LogP contribution in [0.1, 0.15) is 47.1 Å². The summed E-state index contributed by atoms with van der Waals surface area (Å²) in [4.78, 5) is 3.50. The van der Waals surface area contributed by atoms with E-state index in [1.54, 1.807) is 17.0 Å². The highest BCUT2D eigenvalue weighted by molar-refractivity contribution is 7.80. The quantitative estimate of drug-likeness (QED) is 0.172. The Kier molecular flexibility index (Phi) is 7.75. The van der Waals surface area contributed by atoms with Gasteiger partial charge in [0.05, 0.1) is 46.6 Å². The molecule has 0 aromatic heterocycles. The average molecular weight is 615 g/mol. The lowest BCUT2D eigenvalue weighted by Gasteiger charge is -2.49. The molecule has 2 N–H and O–H groups in total. The maximum Gasteiger partial charge on any atom is 0.417 e. The van der Waals surface area contributed by atoms with Gasteiger partial charge in [-0.2, -0.15) is 36.9 Å². The van der Waals surface area contributed by atoms with Gasteiger partial charge in [-0.05, 0) is 86.9 Å². The molecule has 2 fully saturated rings. The predicted octanol–water partition coefficient (Wildman–Crippen LogP) is 7.30. The van der Waals surface area contributed by atoms with E-state index in [1.807, 2.05) is 36.1 Å². The minimum absolute atomic E-state index is 0.0706. The number of hydrogen-bond acceptors (Lipinski definition) is 5. The molecule has 3 aromatic carbocycles. The number of nitrogens with one attached hydrogen (secondary N) is 2. The summed E-state index contributed by atoms with van der Waals surface area (Å²) in [5.41, 5.74) is -1.90. The molecule has 2 aliphatic rings. The molecule has 0 bridgehead atoms. The normalized spacial score (nSPS) is 17.9. The molecule has 3 aromatic rings. The summed E-state index contributed by atoms with van der Waals surface area (Å²) in [5, 5.41) is 24.8. The maximum atomic E-state index is 13.9. The number of aryl methyl sites for hydroxylation is 1. The van der Waals surface area contributed by atoms with Gasteiger partial charge in [-0.1, -0.05) is 17.7 Å². The monoisotopic (exact) mass is 614 g/mol. The van der Waals surface area contributed by atoms with Crippen LogP contribution in [-0.4, -0.2) is 23.5 Å². The van der Waals surface area contributed by atoms with Crippen LogP contribution in [0.25, 0.3) is 0 Å². The molecule has 6 nitrogen and oxygen atoms in total. The Morgan fingerprint density at radius 1 is 0.860 bits per heavy atom. The van der Waals surface area contributed by atoms with E-state index in [4.69, 9.17) is 17.5 Å². The largest absolute Gasteiger partial charge is 0.417 e. The van der Waals surface area contributed by atoms with Crippen molar-refractivity contribution in [2.45, 2.75) is 50.2 Å². The van der Waals surface area contributed by atoms with Gasteiger partial charge in [-0.15, -0.1) is 0 Å². The fourth-order valence-electron chi connectivity index (χ4n) is 5.66. The second kappa shape index (κ2) is 11.1. The maximum absolute atomic E-state index is 13.9. The molecule has 1 saturated heterocycles. The zero-order valence-corrected chi connectivity index (χ0v) is 23.5. The first-order valence-electron chi connectivity index (χ1n) is 13.2. The van der Waals surface area contributed by atoms with Crippen LogP contribution in [0.4, 0.5) is 43.4 Å². The summed E-state index contributed by atoms with van der Waals surface area (Å²) in [6, 6.07) is 17.4. The molecule has 0 amide bonds. The van der Waals surface area contributed by atoms with Crippen LogP contribution >= 0.6 is 12.2 Å². The van der Waals surface area contributed by atoms with Crippen LogP contribution in [0.3, 0.4) is 0 Å². The molecule has 13 heteroatoms. The molecule has 0 radical (unpaired) electrons. The van der Waals surface area contributed by atoms with E-state index >= 15 is 0 Å². The Morgan fingerprint density at radius 2 is 1.42 bits per heavy atom. The van der Waals surface area contributed by atoms with Crippen LogP contribution in [-0.2, 0) is 12.4 Å². The van der Waals surface area contributed by atoms with Crippen LogP contribution in [0.5, 0.6) is 0 Å². The molecule has 1 aliphatic carbocycles. The van der Waals surface area contributed by atoms with Gasteiger partial charge in [-0.25, -0.2) is 0 Å². The molecule has 1 saturated carbocycles. The van der Waals surface area contributed by atoms with E-state index in [9.17, 15) is 31.6 Å². The Morgan fingerprint density at radius 3 is 1.95 bits per heavy atom.